The Morgan fingerprint density at radius 1 is 1.25 bits per heavy atom. The summed E-state index contributed by atoms with van der Waals surface area (Å²) in [6, 6.07) is 10.0. The number of carbonyl (C=O) groups excluding carboxylic acids is 1. The smallest absolute Gasteiger partial charge is 0.251 e. The first-order chi connectivity index (χ1) is 9.47. The molecule has 0 saturated heterocycles. The van der Waals surface area contributed by atoms with E-state index in [4.69, 9.17) is 0 Å². The average molecular weight is 309 g/mol. The predicted molar refractivity (Wildman–Crippen MR) is 79.9 cm³/mol. The van der Waals surface area contributed by atoms with Gasteiger partial charge in [-0.1, -0.05) is 12.1 Å². The van der Waals surface area contributed by atoms with Gasteiger partial charge in [-0.2, -0.15) is 0 Å². The van der Waals surface area contributed by atoms with Gasteiger partial charge in [0, 0.05) is 23.2 Å². The van der Waals surface area contributed by atoms with Crippen LogP contribution >= 0.6 is 11.3 Å². The third-order valence-electron chi connectivity index (χ3n) is 2.76. The van der Waals surface area contributed by atoms with Crippen LogP contribution < -0.4 is 5.32 Å². The van der Waals surface area contributed by atoms with Gasteiger partial charge in [0.1, 0.15) is 0 Å². The molecule has 0 unspecified atom stereocenters. The Morgan fingerprint density at radius 2 is 2.05 bits per heavy atom. The third kappa shape index (κ3) is 3.91. The molecule has 0 aliphatic carbocycles. The molecule has 4 nitrogen and oxygen atoms in total. The first-order valence-electron chi connectivity index (χ1n) is 6.07. The zero-order chi connectivity index (χ0) is 14.6. The number of hydrogen-bond acceptors (Lipinski definition) is 4. The molecule has 106 valence electrons. The van der Waals surface area contributed by atoms with E-state index in [1.54, 1.807) is 23.5 Å². The van der Waals surface area contributed by atoms with Crippen molar-refractivity contribution in [3.05, 3.63) is 52.2 Å². The lowest BCUT2D eigenvalue weighted by molar-refractivity contribution is 0.0954. The summed E-state index contributed by atoms with van der Waals surface area (Å²) in [4.78, 5) is 13.3. The summed E-state index contributed by atoms with van der Waals surface area (Å²) in [6.45, 7) is 0.530. The van der Waals surface area contributed by atoms with Crippen molar-refractivity contribution >= 4 is 27.1 Å². The van der Waals surface area contributed by atoms with Gasteiger partial charge in [-0.05, 0) is 36.1 Å². The second-order valence-corrected chi connectivity index (χ2v) is 7.43. The van der Waals surface area contributed by atoms with Crippen LogP contribution in [0.4, 0.5) is 0 Å². The maximum absolute atomic E-state index is 11.9. The summed E-state index contributed by atoms with van der Waals surface area (Å²) in [5, 5.41) is 4.78. The molecule has 20 heavy (non-hydrogen) atoms. The van der Waals surface area contributed by atoms with Crippen LogP contribution in [0.25, 0.3) is 0 Å². The maximum atomic E-state index is 11.9. The minimum absolute atomic E-state index is 0.156. The first kappa shape index (κ1) is 14.7. The Labute approximate surface area is 122 Å². The van der Waals surface area contributed by atoms with Gasteiger partial charge in [0.05, 0.1) is 4.90 Å². The minimum atomic E-state index is -3.29. The lowest BCUT2D eigenvalue weighted by Crippen LogP contribution is -2.25. The van der Waals surface area contributed by atoms with Crippen molar-refractivity contribution in [3.63, 3.8) is 0 Å². The number of rotatable bonds is 5. The van der Waals surface area contributed by atoms with Crippen LogP contribution in [0.3, 0.4) is 0 Å². The van der Waals surface area contributed by atoms with Gasteiger partial charge in [-0.25, -0.2) is 8.42 Å². The number of sulfone groups is 1. The molecule has 0 fully saturated rings. The summed E-state index contributed by atoms with van der Waals surface area (Å²) in [7, 11) is -3.29. The van der Waals surface area contributed by atoms with Crippen LogP contribution in [0.15, 0.2) is 46.7 Å². The Bertz CT molecular complexity index is 691. The Balaban J connectivity index is 1.99. The van der Waals surface area contributed by atoms with E-state index in [0.29, 0.717) is 12.1 Å². The minimum Gasteiger partial charge on any atom is -0.352 e. The number of amides is 1. The highest BCUT2D eigenvalue weighted by atomic mass is 32.2. The molecule has 0 aliphatic heterocycles. The standard InChI is InChI=1S/C14H15NO3S2/c1-20(17,18)13-6-2-4-11(10-13)14(16)15-8-7-12-5-3-9-19-12/h2-6,9-10H,7-8H2,1H3,(H,15,16). The summed E-state index contributed by atoms with van der Waals surface area (Å²) in [5.74, 6) is -0.257. The molecule has 0 aliphatic rings. The topological polar surface area (TPSA) is 63.2 Å². The van der Waals surface area contributed by atoms with E-state index in [1.165, 1.54) is 17.0 Å². The largest absolute Gasteiger partial charge is 0.352 e. The number of nitrogens with one attached hydrogen (secondary N) is 1. The van der Waals surface area contributed by atoms with Crippen molar-refractivity contribution in [2.45, 2.75) is 11.3 Å². The van der Waals surface area contributed by atoms with Gasteiger partial charge < -0.3 is 5.32 Å². The number of carbonyl (C=O) groups is 1. The maximum Gasteiger partial charge on any atom is 0.251 e. The molecule has 1 amide bonds. The number of hydrogen-bond donors (Lipinski definition) is 1. The summed E-state index contributed by atoms with van der Waals surface area (Å²) < 4.78 is 22.9. The molecule has 2 aromatic rings. The van der Waals surface area contributed by atoms with Gasteiger partial charge in [0.2, 0.25) is 0 Å². The van der Waals surface area contributed by atoms with Gasteiger partial charge in [0.15, 0.2) is 9.84 Å². The third-order valence-corrected chi connectivity index (χ3v) is 4.81. The molecule has 0 spiro atoms. The zero-order valence-corrected chi connectivity index (χ0v) is 12.6. The van der Waals surface area contributed by atoms with Crippen molar-refractivity contribution < 1.29 is 13.2 Å². The monoisotopic (exact) mass is 309 g/mol. The summed E-state index contributed by atoms with van der Waals surface area (Å²) >= 11 is 1.65. The molecule has 0 atom stereocenters. The van der Waals surface area contributed by atoms with E-state index < -0.39 is 9.84 Å². The second kappa shape index (κ2) is 6.19. The Hall–Kier alpha value is -1.66. The first-order valence-corrected chi connectivity index (χ1v) is 8.84. The molecular weight excluding hydrogens is 294 g/mol. The van der Waals surface area contributed by atoms with E-state index >= 15 is 0 Å². The summed E-state index contributed by atoms with van der Waals surface area (Å²) in [6.07, 6.45) is 1.90. The fraction of sp³-hybridized carbons (Fsp3) is 0.214. The highest BCUT2D eigenvalue weighted by Crippen LogP contribution is 2.12. The highest BCUT2D eigenvalue weighted by molar-refractivity contribution is 7.90. The molecule has 0 bridgehead atoms. The lowest BCUT2D eigenvalue weighted by Gasteiger charge is -2.05. The van der Waals surface area contributed by atoms with E-state index in [2.05, 4.69) is 5.32 Å². The van der Waals surface area contributed by atoms with Crippen molar-refractivity contribution in [1.29, 1.82) is 0 Å². The molecule has 1 heterocycles. The molecule has 6 heteroatoms. The zero-order valence-electron chi connectivity index (χ0n) is 11.0. The fourth-order valence-corrected chi connectivity index (χ4v) is 3.10. The van der Waals surface area contributed by atoms with Gasteiger partial charge in [-0.15, -0.1) is 11.3 Å². The van der Waals surface area contributed by atoms with Gasteiger partial charge in [-0.3, -0.25) is 4.79 Å². The van der Waals surface area contributed by atoms with E-state index in [1.807, 2.05) is 17.5 Å². The Morgan fingerprint density at radius 3 is 2.70 bits per heavy atom. The predicted octanol–water partition coefficient (Wildman–Crippen LogP) is 2.12. The molecule has 0 radical (unpaired) electrons. The van der Waals surface area contributed by atoms with E-state index in [0.717, 1.165) is 12.7 Å². The molecule has 0 saturated carbocycles. The molecule has 1 aromatic heterocycles. The van der Waals surface area contributed by atoms with Crippen molar-refractivity contribution in [1.82, 2.24) is 5.32 Å². The highest BCUT2D eigenvalue weighted by Gasteiger charge is 2.11. The second-order valence-electron chi connectivity index (χ2n) is 4.39. The van der Waals surface area contributed by atoms with Crippen molar-refractivity contribution in [3.8, 4) is 0 Å². The van der Waals surface area contributed by atoms with Crippen LogP contribution in [0.5, 0.6) is 0 Å². The number of thiophene rings is 1. The fourth-order valence-electron chi connectivity index (χ4n) is 1.72. The van der Waals surface area contributed by atoms with Crippen molar-refractivity contribution in [2.24, 2.45) is 0 Å². The molecule has 1 N–H and O–H groups in total. The molecule has 1 aromatic carbocycles. The Kier molecular flexibility index (Phi) is 4.57. The lowest BCUT2D eigenvalue weighted by atomic mass is 10.2. The molecule has 2 rings (SSSR count). The van der Waals surface area contributed by atoms with Crippen molar-refractivity contribution in [2.75, 3.05) is 12.8 Å². The van der Waals surface area contributed by atoms with Gasteiger partial charge >= 0.3 is 0 Å². The van der Waals surface area contributed by atoms with Crippen LogP contribution in [0.1, 0.15) is 15.2 Å². The van der Waals surface area contributed by atoms with Crippen LogP contribution in [0.2, 0.25) is 0 Å². The number of benzene rings is 1. The van der Waals surface area contributed by atoms with Crippen LogP contribution in [0, 0.1) is 0 Å². The van der Waals surface area contributed by atoms with E-state index in [-0.39, 0.29) is 10.8 Å². The van der Waals surface area contributed by atoms with Crippen LogP contribution in [-0.2, 0) is 16.3 Å². The van der Waals surface area contributed by atoms with Crippen LogP contribution in [-0.4, -0.2) is 27.1 Å². The SMILES string of the molecule is CS(=O)(=O)c1cccc(C(=O)NCCc2cccs2)c1. The summed E-state index contributed by atoms with van der Waals surface area (Å²) in [5.41, 5.74) is 0.360. The van der Waals surface area contributed by atoms with E-state index in [9.17, 15) is 13.2 Å². The molecular formula is C14H15NO3S2. The normalized spacial score (nSPS) is 11.2. The van der Waals surface area contributed by atoms with Gasteiger partial charge in [0.25, 0.3) is 5.91 Å². The average Bonchev–Trinajstić information content (AvgIpc) is 2.91. The quantitative estimate of drug-likeness (QED) is 0.920.